The quantitative estimate of drug-likeness (QED) is 0.828. The molecule has 17 heavy (non-hydrogen) atoms. The van der Waals surface area contributed by atoms with Crippen molar-refractivity contribution in [2.75, 3.05) is 0 Å². The van der Waals surface area contributed by atoms with Gasteiger partial charge in [-0.3, -0.25) is 4.79 Å². The van der Waals surface area contributed by atoms with Crippen LogP contribution in [0.1, 0.15) is 24.0 Å². The Hall–Kier alpha value is -1.80. The Morgan fingerprint density at radius 3 is 2.82 bits per heavy atom. The Morgan fingerprint density at radius 1 is 1.53 bits per heavy atom. The van der Waals surface area contributed by atoms with Crippen LogP contribution in [0.15, 0.2) is 29.4 Å². The van der Waals surface area contributed by atoms with E-state index in [2.05, 4.69) is 23.9 Å². The molecule has 0 spiro atoms. The van der Waals surface area contributed by atoms with Crippen molar-refractivity contribution in [3.05, 3.63) is 35.4 Å². The Morgan fingerprint density at radius 2 is 2.24 bits per heavy atom. The van der Waals surface area contributed by atoms with Crippen molar-refractivity contribution in [3.63, 3.8) is 0 Å². The molecule has 5 heteroatoms. The summed E-state index contributed by atoms with van der Waals surface area (Å²) in [5, 5.41) is 12.4. The maximum atomic E-state index is 10.8. The maximum Gasteiger partial charge on any atom is 0.189 e. The summed E-state index contributed by atoms with van der Waals surface area (Å²) < 4.78 is 0. The fourth-order valence-corrected chi connectivity index (χ4v) is 1.84. The number of benzene rings is 1. The molecule has 0 saturated carbocycles. The lowest BCUT2D eigenvalue weighted by atomic mass is 10.0. The second kappa shape index (κ2) is 5.02. The van der Waals surface area contributed by atoms with E-state index in [9.17, 15) is 4.79 Å². The highest BCUT2D eigenvalue weighted by Gasteiger charge is 2.23. The van der Waals surface area contributed by atoms with Crippen molar-refractivity contribution in [2.24, 2.45) is 5.16 Å². The van der Waals surface area contributed by atoms with Crippen LogP contribution in [-0.2, 0) is 9.63 Å². The van der Waals surface area contributed by atoms with Gasteiger partial charge in [0.05, 0.1) is 23.8 Å². The number of carbonyl (C=O) groups excluding carboxylic acids is 1. The Kier molecular flexibility index (Phi) is 3.45. The molecule has 1 aromatic rings. The fraction of sp³-hybridized carbons (Fsp3) is 0.250. The van der Waals surface area contributed by atoms with Gasteiger partial charge in [-0.2, -0.15) is 5.26 Å². The number of nitriles is 1. The van der Waals surface area contributed by atoms with Crippen molar-refractivity contribution in [1.82, 2.24) is 0 Å². The predicted molar refractivity (Wildman–Crippen MR) is 65.8 cm³/mol. The van der Waals surface area contributed by atoms with Crippen LogP contribution in [0.25, 0.3) is 0 Å². The third kappa shape index (κ3) is 2.86. The Labute approximate surface area is 104 Å². The molecule has 0 N–H and O–H groups in total. The van der Waals surface area contributed by atoms with Crippen molar-refractivity contribution in [2.45, 2.75) is 18.9 Å². The Bertz CT molecular complexity index is 502. The van der Waals surface area contributed by atoms with Gasteiger partial charge in [-0.25, -0.2) is 0 Å². The minimum absolute atomic E-state index is 0.203. The molecule has 1 heterocycles. The summed E-state index contributed by atoms with van der Waals surface area (Å²) in [6, 6.07) is 9.17. The Balaban J connectivity index is 2.05. The van der Waals surface area contributed by atoms with E-state index >= 15 is 0 Å². The lowest BCUT2D eigenvalue weighted by Gasteiger charge is -2.03. The number of hydrogen-bond donors (Lipinski definition) is 1. The number of thiol groups is 1. The molecule has 0 bridgehead atoms. The average molecular weight is 246 g/mol. The zero-order valence-corrected chi connectivity index (χ0v) is 9.85. The van der Waals surface area contributed by atoms with Crippen LogP contribution >= 0.6 is 12.6 Å². The second-order valence-electron chi connectivity index (χ2n) is 3.76. The van der Waals surface area contributed by atoms with Gasteiger partial charge in [0, 0.05) is 6.42 Å². The van der Waals surface area contributed by atoms with E-state index in [0.717, 1.165) is 11.3 Å². The highest BCUT2D eigenvalue weighted by molar-refractivity contribution is 7.96. The third-order valence-corrected chi connectivity index (χ3v) is 2.67. The molecular weight excluding hydrogens is 236 g/mol. The number of hydrogen-bond acceptors (Lipinski definition) is 4. The van der Waals surface area contributed by atoms with Crippen molar-refractivity contribution in [3.8, 4) is 6.07 Å². The van der Waals surface area contributed by atoms with Gasteiger partial charge in [-0.1, -0.05) is 17.3 Å². The molecule has 0 saturated heterocycles. The topological polar surface area (TPSA) is 62.4 Å². The van der Waals surface area contributed by atoms with E-state index in [1.165, 1.54) is 0 Å². The summed E-state index contributed by atoms with van der Waals surface area (Å²) in [5.74, 6) is 0. The number of nitrogens with zero attached hydrogens (tertiary/aromatic N) is 2. The monoisotopic (exact) mass is 246 g/mol. The molecule has 0 aromatic heterocycles. The zero-order chi connectivity index (χ0) is 12.3. The van der Waals surface area contributed by atoms with Crippen LogP contribution in [0.4, 0.5) is 0 Å². The van der Waals surface area contributed by atoms with Gasteiger partial charge >= 0.3 is 0 Å². The van der Waals surface area contributed by atoms with Crippen molar-refractivity contribution in [1.29, 1.82) is 5.26 Å². The van der Waals surface area contributed by atoms with Crippen molar-refractivity contribution < 1.29 is 9.63 Å². The summed E-state index contributed by atoms with van der Waals surface area (Å²) in [6.45, 7) is 0. The maximum absolute atomic E-state index is 10.8. The first kappa shape index (κ1) is 11.7. The van der Waals surface area contributed by atoms with Gasteiger partial charge < -0.3 is 4.84 Å². The minimum atomic E-state index is -0.217. The van der Waals surface area contributed by atoms with E-state index in [1.54, 1.807) is 12.1 Å². The second-order valence-corrected chi connectivity index (χ2v) is 4.26. The fourth-order valence-electron chi connectivity index (χ4n) is 1.64. The van der Waals surface area contributed by atoms with Gasteiger partial charge in [0.25, 0.3) is 0 Å². The molecule has 2 rings (SSSR count). The molecule has 1 atom stereocenters. The summed E-state index contributed by atoms with van der Waals surface area (Å²) in [4.78, 5) is 16.0. The molecule has 1 aromatic carbocycles. The molecule has 4 nitrogen and oxygen atoms in total. The number of rotatable bonds is 3. The average Bonchev–Trinajstić information content (AvgIpc) is 2.77. The molecule has 1 unspecified atom stereocenters. The number of carbonyl (C=O) groups is 1. The van der Waals surface area contributed by atoms with Crippen LogP contribution in [0.5, 0.6) is 0 Å². The highest BCUT2D eigenvalue weighted by atomic mass is 32.1. The standard InChI is InChI=1S/C12H10N2O2S/c13-7-8-1-3-9(4-2-8)11-5-10(16-14-11)6-12(15)17/h1-4,10H,5-6H2,(H,15,17). The van der Waals surface area contributed by atoms with Crippen LogP contribution in [0.2, 0.25) is 0 Å². The molecule has 1 aliphatic heterocycles. The molecule has 86 valence electrons. The van der Waals surface area contributed by atoms with E-state index in [4.69, 9.17) is 10.1 Å². The van der Waals surface area contributed by atoms with Gasteiger partial charge in [0.2, 0.25) is 0 Å². The van der Waals surface area contributed by atoms with Crippen LogP contribution in [-0.4, -0.2) is 16.9 Å². The molecule has 1 aliphatic rings. The lowest BCUT2D eigenvalue weighted by molar-refractivity contribution is -0.113. The van der Waals surface area contributed by atoms with Gasteiger partial charge in [0.1, 0.15) is 6.10 Å². The summed E-state index contributed by atoms with van der Waals surface area (Å²) in [5.41, 5.74) is 2.32. The molecular formula is C12H10N2O2S. The predicted octanol–water partition coefficient (Wildman–Crippen LogP) is 1.90. The van der Waals surface area contributed by atoms with Crippen molar-refractivity contribution >= 4 is 23.5 Å². The highest BCUT2D eigenvalue weighted by Crippen LogP contribution is 2.19. The van der Waals surface area contributed by atoms with E-state index in [0.29, 0.717) is 12.0 Å². The third-order valence-electron chi connectivity index (χ3n) is 2.48. The smallest absolute Gasteiger partial charge is 0.189 e. The number of oxime groups is 1. The zero-order valence-electron chi connectivity index (χ0n) is 8.96. The largest absolute Gasteiger partial charge is 0.391 e. The van der Waals surface area contributed by atoms with Crippen LogP contribution in [0.3, 0.4) is 0 Å². The molecule has 0 amide bonds. The molecule has 0 aliphatic carbocycles. The first-order valence-electron chi connectivity index (χ1n) is 5.14. The van der Waals surface area contributed by atoms with Gasteiger partial charge in [-0.05, 0) is 17.7 Å². The SMILES string of the molecule is N#Cc1ccc(C2=NOC(CC(=O)S)C2)cc1. The van der Waals surface area contributed by atoms with Gasteiger partial charge in [0.15, 0.2) is 5.12 Å². The summed E-state index contributed by atoms with van der Waals surface area (Å²) >= 11 is 3.71. The molecule has 0 fully saturated rings. The molecule has 0 radical (unpaired) electrons. The summed E-state index contributed by atoms with van der Waals surface area (Å²) in [7, 11) is 0. The van der Waals surface area contributed by atoms with Crippen LogP contribution in [0, 0.1) is 11.3 Å². The lowest BCUT2D eigenvalue weighted by Crippen LogP contribution is -2.11. The first-order chi connectivity index (χ1) is 8.19. The van der Waals surface area contributed by atoms with E-state index < -0.39 is 0 Å². The summed E-state index contributed by atoms with van der Waals surface area (Å²) in [6.07, 6.45) is 0.635. The van der Waals surface area contributed by atoms with Crippen LogP contribution < -0.4 is 0 Å². The van der Waals surface area contributed by atoms with E-state index in [-0.39, 0.29) is 17.6 Å². The first-order valence-corrected chi connectivity index (χ1v) is 5.59. The minimum Gasteiger partial charge on any atom is -0.391 e. The normalized spacial score (nSPS) is 18.1. The van der Waals surface area contributed by atoms with Gasteiger partial charge in [-0.15, -0.1) is 12.6 Å². The van der Waals surface area contributed by atoms with E-state index in [1.807, 2.05) is 12.1 Å².